The lowest BCUT2D eigenvalue weighted by Gasteiger charge is -2.08. The van der Waals surface area contributed by atoms with Crippen molar-refractivity contribution in [2.75, 3.05) is 0 Å². The van der Waals surface area contributed by atoms with E-state index in [4.69, 9.17) is 16.3 Å². The molecule has 0 fully saturated rings. The van der Waals surface area contributed by atoms with Gasteiger partial charge in [-0.3, -0.25) is 0 Å². The molecule has 2 aromatic carbocycles. The molecule has 0 aliphatic heterocycles. The van der Waals surface area contributed by atoms with Crippen molar-refractivity contribution in [3.63, 3.8) is 0 Å². The largest absolute Gasteiger partial charge is 0.456 e. The molecule has 0 saturated heterocycles. The van der Waals surface area contributed by atoms with Crippen molar-refractivity contribution in [3.8, 4) is 11.5 Å². The fraction of sp³-hybridized carbons (Fsp3) is 0.250. The van der Waals surface area contributed by atoms with Crippen molar-refractivity contribution in [1.82, 2.24) is 0 Å². The summed E-state index contributed by atoms with van der Waals surface area (Å²) in [5, 5.41) is 0.640. The lowest BCUT2D eigenvalue weighted by Crippen LogP contribution is -1.86. The highest BCUT2D eigenvalue weighted by atomic mass is 35.5. The van der Waals surface area contributed by atoms with Crippen LogP contribution in [0.5, 0.6) is 11.5 Å². The molecule has 0 N–H and O–H groups in total. The molecule has 0 bridgehead atoms. The van der Waals surface area contributed by atoms with Gasteiger partial charge < -0.3 is 4.74 Å². The third kappa shape index (κ3) is 4.08. The van der Waals surface area contributed by atoms with Crippen molar-refractivity contribution in [3.05, 3.63) is 58.6 Å². The molecule has 0 unspecified atom stereocenters. The zero-order valence-electron chi connectivity index (χ0n) is 11.3. The number of ether oxygens (including phenoxy) is 1. The summed E-state index contributed by atoms with van der Waals surface area (Å²) in [6.07, 6.45) is 0. The summed E-state index contributed by atoms with van der Waals surface area (Å²) in [6.45, 7) is 8.03. The first-order chi connectivity index (χ1) is 8.65. The smallest absolute Gasteiger partial charge is 0.146 e. The molecule has 0 atom stereocenters. The van der Waals surface area contributed by atoms with Gasteiger partial charge in [0, 0.05) is 0 Å². The highest BCUT2D eigenvalue weighted by Gasteiger charge is 2.03. The summed E-state index contributed by atoms with van der Waals surface area (Å²) in [5.74, 6) is 1.50. The standard InChI is InChI=1S/C14H13ClO.C2H6/c1-10-4-3-5-12(8-10)16-14-7-6-11(2)9-13(14)15;1-2/h3-9H,1-2H3;1-2H3. The maximum Gasteiger partial charge on any atom is 0.146 e. The van der Waals surface area contributed by atoms with E-state index in [1.807, 2.05) is 70.2 Å². The highest BCUT2D eigenvalue weighted by Crippen LogP contribution is 2.30. The molecule has 0 aliphatic carbocycles. The molecule has 0 radical (unpaired) electrons. The molecule has 1 nitrogen and oxygen atoms in total. The van der Waals surface area contributed by atoms with Crippen LogP contribution in [0.2, 0.25) is 5.02 Å². The fourth-order valence-electron chi connectivity index (χ4n) is 1.49. The summed E-state index contributed by atoms with van der Waals surface area (Å²) in [6, 6.07) is 13.7. The SMILES string of the molecule is CC.Cc1cccc(Oc2ccc(C)cc2Cl)c1. The molecule has 0 heterocycles. The first kappa shape index (κ1) is 14.6. The predicted molar refractivity (Wildman–Crippen MR) is 78.8 cm³/mol. The van der Waals surface area contributed by atoms with E-state index in [2.05, 4.69) is 0 Å². The molecule has 0 aliphatic rings. The zero-order chi connectivity index (χ0) is 13.5. The van der Waals surface area contributed by atoms with Crippen molar-refractivity contribution in [2.24, 2.45) is 0 Å². The quantitative estimate of drug-likeness (QED) is 0.667. The minimum atomic E-state index is 0.640. The van der Waals surface area contributed by atoms with Gasteiger partial charge in [-0.15, -0.1) is 0 Å². The van der Waals surface area contributed by atoms with Gasteiger partial charge in [0.05, 0.1) is 5.02 Å². The van der Waals surface area contributed by atoms with Crippen LogP contribution in [-0.4, -0.2) is 0 Å². The topological polar surface area (TPSA) is 9.23 Å². The molecule has 2 heteroatoms. The minimum absolute atomic E-state index is 0.640. The first-order valence-corrected chi connectivity index (χ1v) is 6.53. The third-order valence-corrected chi connectivity index (χ3v) is 2.60. The van der Waals surface area contributed by atoms with Crippen LogP contribution in [0.25, 0.3) is 0 Å². The van der Waals surface area contributed by atoms with E-state index < -0.39 is 0 Å². The second-order valence-electron chi connectivity index (χ2n) is 3.85. The molecule has 0 aromatic heterocycles. The second kappa shape index (κ2) is 7.07. The Kier molecular flexibility index (Phi) is 5.73. The molecule has 0 saturated carbocycles. The van der Waals surface area contributed by atoms with E-state index in [-0.39, 0.29) is 0 Å². The Balaban J connectivity index is 0.000000771. The molecular weight excluding hydrogens is 244 g/mol. The van der Waals surface area contributed by atoms with Crippen molar-refractivity contribution in [2.45, 2.75) is 27.7 Å². The van der Waals surface area contributed by atoms with E-state index in [1.54, 1.807) is 0 Å². The molecule has 0 spiro atoms. The number of hydrogen-bond donors (Lipinski definition) is 0. The lowest BCUT2D eigenvalue weighted by molar-refractivity contribution is 0.482. The second-order valence-corrected chi connectivity index (χ2v) is 4.26. The Bertz CT molecular complexity index is 506. The van der Waals surface area contributed by atoms with Crippen molar-refractivity contribution in [1.29, 1.82) is 0 Å². The number of rotatable bonds is 2. The Hall–Kier alpha value is -1.47. The predicted octanol–water partition coefficient (Wildman–Crippen LogP) is 5.78. The van der Waals surface area contributed by atoms with Crippen molar-refractivity contribution >= 4 is 11.6 Å². The van der Waals surface area contributed by atoms with Crippen LogP contribution in [0, 0.1) is 13.8 Å². The zero-order valence-corrected chi connectivity index (χ0v) is 12.1. The van der Waals surface area contributed by atoms with Gasteiger partial charge in [0.25, 0.3) is 0 Å². The van der Waals surface area contributed by atoms with E-state index in [0.717, 1.165) is 11.3 Å². The van der Waals surface area contributed by atoms with E-state index in [9.17, 15) is 0 Å². The van der Waals surface area contributed by atoms with Crippen LogP contribution in [0.4, 0.5) is 0 Å². The fourth-order valence-corrected chi connectivity index (χ4v) is 1.77. The van der Waals surface area contributed by atoms with E-state index >= 15 is 0 Å². The molecule has 18 heavy (non-hydrogen) atoms. The van der Waals surface area contributed by atoms with Gasteiger partial charge in [-0.05, 0) is 49.2 Å². The maximum atomic E-state index is 6.09. The number of aryl methyl sites for hydroxylation is 2. The van der Waals surface area contributed by atoms with Gasteiger partial charge in [-0.2, -0.15) is 0 Å². The summed E-state index contributed by atoms with van der Waals surface area (Å²) >= 11 is 6.09. The molecule has 0 amide bonds. The lowest BCUT2D eigenvalue weighted by atomic mass is 10.2. The van der Waals surface area contributed by atoms with Crippen LogP contribution in [0.3, 0.4) is 0 Å². The summed E-state index contributed by atoms with van der Waals surface area (Å²) < 4.78 is 5.71. The highest BCUT2D eigenvalue weighted by molar-refractivity contribution is 6.32. The number of halogens is 1. The van der Waals surface area contributed by atoms with Gasteiger partial charge >= 0.3 is 0 Å². The average molecular weight is 263 g/mol. The average Bonchev–Trinajstić information content (AvgIpc) is 2.35. The van der Waals surface area contributed by atoms with Crippen molar-refractivity contribution < 1.29 is 4.74 Å². The van der Waals surface area contributed by atoms with Crippen LogP contribution in [0.15, 0.2) is 42.5 Å². The number of benzene rings is 2. The Morgan fingerprint density at radius 2 is 1.56 bits per heavy atom. The molecular formula is C16H19ClO. The summed E-state index contributed by atoms with van der Waals surface area (Å²) in [4.78, 5) is 0. The number of hydrogen-bond acceptors (Lipinski definition) is 1. The van der Waals surface area contributed by atoms with E-state index in [0.29, 0.717) is 10.8 Å². The van der Waals surface area contributed by atoms with Gasteiger partial charge in [0.2, 0.25) is 0 Å². The molecule has 2 rings (SSSR count). The minimum Gasteiger partial charge on any atom is -0.456 e. The first-order valence-electron chi connectivity index (χ1n) is 6.16. The van der Waals surface area contributed by atoms with Gasteiger partial charge in [-0.1, -0.05) is 43.6 Å². The van der Waals surface area contributed by atoms with Crippen LogP contribution < -0.4 is 4.74 Å². The Labute approximate surface area is 114 Å². The van der Waals surface area contributed by atoms with Crippen LogP contribution in [0.1, 0.15) is 25.0 Å². The monoisotopic (exact) mass is 262 g/mol. The Morgan fingerprint density at radius 1 is 0.889 bits per heavy atom. The summed E-state index contributed by atoms with van der Waals surface area (Å²) in [7, 11) is 0. The normalized spacial score (nSPS) is 9.39. The van der Waals surface area contributed by atoms with Gasteiger partial charge in [0.1, 0.15) is 11.5 Å². The summed E-state index contributed by atoms with van der Waals surface area (Å²) in [5.41, 5.74) is 2.29. The maximum absolute atomic E-state index is 6.09. The third-order valence-electron chi connectivity index (χ3n) is 2.30. The van der Waals surface area contributed by atoms with Crippen LogP contribution in [-0.2, 0) is 0 Å². The Morgan fingerprint density at radius 3 is 2.17 bits per heavy atom. The van der Waals surface area contributed by atoms with Gasteiger partial charge in [-0.25, -0.2) is 0 Å². The van der Waals surface area contributed by atoms with Gasteiger partial charge in [0.15, 0.2) is 0 Å². The van der Waals surface area contributed by atoms with E-state index in [1.165, 1.54) is 5.56 Å². The van der Waals surface area contributed by atoms with Crippen LogP contribution >= 0.6 is 11.6 Å². The molecule has 96 valence electrons. The molecule has 2 aromatic rings.